The summed E-state index contributed by atoms with van der Waals surface area (Å²) in [5.41, 5.74) is 6.21. The average molecular weight is 367 g/mol. The number of aromatic nitrogens is 2. The van der Waals surface area contributed by atoms with Gasteiger partial charge < -0.3 is 19.6 Å². The molecule has 0 radical (unpaired) electrons. The number of carbonyl (C=O) groups excluding carboxylic acids is 2. The van der Waals surface area contributed by atoms with Gasteiger partial charge in [0.1, 0.15) is 5.75 Å². The minimum atomic E-state index is -0.752. The first-order chi connectivity index (χ1) is 13.0. The van der Waals surface area contributed by atoms with Crippen LogP contribution < -0.4 is 10.5 Å². The summed E-state index contributed by atoms with van der Waals surface area (Å²) < 4.78 is 16.1. The SMILES string of the molecule is C[C@H](OC(=O)COc1ccccc1C(N)=O)c1nnc(-c2ccccc2)o1. The van der Waals surface area contributed by atoms with Crippen LogP contribution in [0.15, 0.2) is 59.0 Å². The number of nitrogens with two attached hydrogens (primary N) is 1. The summed E-state index contributed by atoms with van der Waals surface area (Å²) in [4.78, 5) is 23.4. The van der Waals surface area contributed by atoms with Crippen LogP contribution in [-0.4, -0.2) is 28.7 Å². The van der Waals surface area contributed by atoms with Crippen molar-refractivity contribution in [2.45, 2.75) is 13.0 Å². The molecule has 0 saturated heterocycles. The van der Waals surface area contributed by atoms with Crippen LogP contribution >= 0.6 is 0 Å². The van der Waals surface area contributed by atoms with E-state index in [0.717, 1.165) is 5.56 Å². The van der Waals surface area contributed by atoms with E-state index in [-0.39, 0.29) is 17.2 Å². The summed E-state index contributed by atoms with van der Waals surface area (Å²) in [5, 5.41) is 7.85. The van der Waals surface area contributed by atoms with Gasteiger partial charge in [-0.1, -0.05) is 30.3 Å². The van der Waals surface area contributed by atoms with Gasteiger partial charge in [0, 0.05) is 5.56 Å². The zero-order valence-electron chi connectivity index (χ0n) is 14.5. The molecule has 138 valence electrons. The van der Waals surface area contributed by atoms with Gasteiger partial charge in [0.2, 0.25) is 5.89 Å². The second-order valence-electron chi connectivity index (χ2n) is 5.59. The van der Waals surface area contributed by atoms with Crippen LogP contribution in [0, 0.1) is 0 Å². The van der Waals surface area contributed by atoms with Gasteiger partial charge >= 0.3 is 5.97 Å². The quantitative estimate of drug-likeness (QED) is 0.638. The molecule has 1 amide bonds. The second-order valence-corrected chi connectivity index (χ2v) is 5.59. The average Bonchev–Trinajstić information content (AvgIpc) is 3.17. The molecule has 1 heterocycles. The minimum Gasteiger partial charge on any atom is -0.481 e. The molecule has 0 bridgehead atoms. The fraction of sp³-hybridized carbons (Fsp3) is 0.158. The van der Waals surface area contributed by atoms with Crippen LogP contribution in [0.2, 0.25) is 0 Å². The van der Waals surface area contributed by atoms with Crippen molar-refractivity contribution in [3.63, 3.8) is 0 Å². The Bertz CT molecular complexity index is 939. The highest BCUT2D eigenvalue weighted by atomic mass is 16.6. The number of nitrogens with zero attached hydrogens (tertiary/aromatic N) is 2. The van der Waals surface area contributed by atoms with E-state index in [0.29, 0.717) is 5.89 Å². The van der Waals surface area contributed by atoms with E-state index in [9.17, 15) is 9.59 Å². The third kappa shape index (κ3) is 4.49. The number of rotatable bonds is 7. The van der Waals surface area contributed by atoms with Gasteiger partial charge in [0.05, 0.1) is 5.56 Å². The Balaban J connectivity index is 1.59. The molecule has 0 aliphatic carbocycles. The summed E-state index contributed by atoms with van der Waals surface area (Å²) in [5.74, 6) is -0.591. The lowest BCUT2D eigenvalue weighted by molar-refractivity contribution is -0.152. The summed E-state index contributed by atoms with van der Waals surface area (Å²) in [6, 6.07) is 15.6. The lowest BCUT2D eigenvalue weighted by Gasteiger charge is -2.11. The van der Waals surface area contributed by atoms with Crippen molar-refractivity contribution in [1.29, 1.82) is 0 Å². The van der Waals surface area contributed by atoms with Crippen LogP contribution in [0.3, 0.4) is 0 Å². The zero-order chi connectivity index (χ0) is 19.2. The van der Waals surface area contributed by atoms with Crippen LogP contribution in [0.5, 0.6) is 5.75 Å². The zero-order valence-corrected chi connectivity index (χ0v) is 14.5. The van der Waals surface area contributed by atoms with E-state index >= 15 is 0 Å². The Morgan fingerprint density at radius 1 is 1.07 bits per heavy atom. The van der Waals surface area contributed by atoms with Crippen molar-refractivity contribution < 1.29 is 23.5 Å². The predicted molar refractivity (Wildman–Crippen MR) is 94.7 cm³/mol. The molecule has 2 aromatic carbocycles. The number of hydrogen-bond acceptors (Lipinski definition) is 7. The number of esters is 1. The number of primary amides is 1. The van der Waals surface area contributed by atoms with Gasteiger partial charge in [0.15, 0.2) is 12.7 Å². The van der Waals surface area contributed by atoms with Crippen LogP contribution in [-0.2, 0) is 9.53 Å². The Morgan fingerprint density at radius 2 is 1.78 bits per heavy atom. The lowest BCUT2D eigenvalue weighted by Crippen LogP contribution is -2.19. The van der Waals surface area contributed by atoms with Crippen molar-refractivity contribution in [2.24, 2.45) is 5.73 Å². The molecule has 3 rings (SSSR count). The molecule has 8 heteroatoms. The highest BCUT2D eigenvalue weighted by molar-refractivity contribution is 5.95. The molecule has 2 N–H and O–H groups in total. The maximum Gasteiger partial charge on any atom is 0.344 e. The van der Waals surface area contributed by atoms with Crippen LogP contribution in [0.25, 0.3) is 11.5 Å². The summed E-state index contributed by atoms with van der Waals surface area (Å²) in [6.45, 7) is 1.21. The summed E-state index contributed by atoms with van der Waals surface area (Å²) >= 11 is 0. The maximum atomic E-state index is 12.0. The van der Waals surface area contributed by atoms with E-state index in [4.69, 9.17) is 19.6 Å². The van der Waals surface area contributed by atoms with Crippen molar-refractivity contribution in [2.75, 3.05) is 6.61 Å². The Kier molecular flexibility index (Phi) is 5.46. The third-order valence-electron chi connectivity index (χ3n) is 3.62. The molecule has 0 unspecified atom stereocenters. The first-order valence-electron chi connectivity index (χ1n) is 8.14. The van der Waals surface area contributed by atoms with E-state index in [1.165, 1.54) is 6.07 Å². The van der Waals surface area contributed by atoms with E-state index < -0.39 is 24.6 Å². The number of carbonyl (C=O) groups is 2. The number of hydrogen-bond donors (Lipinski definition) is 1. The molecule has 3 aromatic rings. The molecule has 27 heavy (non-hydrogen) atoms. The van der Waals surface area contributed by atoms with E-state index in [1.807, 2.05) is 30.3 Å². The number of benzene rings is 2. The van der Waals surface area contributed by atoms with Crippen LogP contribution in [0.4, 0.5) is 0 Å². The molecule has 0 aliphatic heterocycles. The number of para-hydroxylation sites is 1. The molecule has 1 atom stereocenters. The van der Waals surface area contributed by atoms with Gasteiger partial charge in [-0.3, -0.25) is 4.79 Å². The molecular weight excluding hydrogens is 350 g/mol. The minimum absolute atomic E-state index is 0.166. The van der Waals surface area contributed by atoms with Gasteiger partial charge in [-0.25, -0.2) is 4.79 Å². The maximum absolute atomic E-state index is 12.0. The lowest BCUT2D eigenvalue weighted by atomic mass is 10.2. The standard InChI is InChI=1S/C19H17N3O5/c1-12(18-21-22-19(27-18)13-7-3-2-4-8-13)26-16(23)11-25-15-10-6-5-9-14(15)17(20)24/h2-10,12H,11H2,1H3,(H2,20,24)/t12-/m0/s1. The topological polar surface area (TPSA) is 118 Å². The molecule has 0 saturated carbocycles. The van der Waals surface area contributed by atoms with Crippen LogP contribution in [0.1, 0.15) is 29.3 Å². The smallest absolute Gasteiger partial charge is 0.344 e. The Morgan fingerprint density at radius 3 is 2.52 bits per heavy atom. The Hall–Kier alpha value is -3.68. The van der Waals surface area contributed by atoms with Crippen molar-refractivity contribution in [1.82, 2.24) is 10.2 Å². The van der Waals surface area contributed by atoms with E-state index in [1.54, 1.807) is 25.1 Å². The normalized spacial score (nSPS) is 11.6. The molecule has 0 spiro atoms. The first kappa shape index (κ1) is 18.1. The Labute approximate surface area is 154 Å². The molecule has 0 aliphatic rings. The highest BCUT2D eigenvalue weighted by Gasteiger charge is 2.20. The fourth-order valence-electron chi connectivity index (χ4n) is 2.31. The largest absolute Gasteiger partial charge is 0.481 e. The molecule has 1 aromatic heterocycles. The predicted octanol–water partition coefficient (Wildman–Crippen LogP) is 2.52. The van der Waals surface area contributed by atoms with Gasteiger partial charge in [-0.15, -0.1) is 10.2 Å². The number of ether oxygens (including phenoxy) is 2. The van der Waals surface area contributed by atoms with Gasteiger partial charge in [0.25, 0.3) is 11.8 Å². The van der Waals surface area contributed by atoms with Crippen molar-refractivity contribution >= 4 is 11.9 Å². The molecule has 0 fully saturated rings. The second kappa shape index (κ2) is 8.13. The molecular formula is C19H17N3O5. The van der Waals surface area contributed by atoms with Crippen molar-refractivity contribution in [3.8, 4) is 17.2 Å². The summed E-state index contributed by atoms with van der Waals surface area (Å²) in [6.07, 6.45) is -0.752. The summed E-state index contributed by atoms with van der Waals surface area (Å²) in [7, 11) is 0. The fourth-order valence-corrected chi connectivity index (χ4v) is 2.31. The monoisotopic (exact) mass is 367 g/mol. The number of amides is 1. The first-order valence-corrected chi connectivity index (χ1v) is 8.14. The van der Waals surface area contributed by atoms with E-state index in [2.05, 4.69) is 10.2 Å². The van der Waals surface area contributed by atoms with Gasteiger partial charge in [-0.05, 0) is 31.2 Å². The third-order valence-corrected chi connectivity index (χ3v) is 3.62. The highest BCUT2D eigenvalue weighted by Crippen LogP contribution is 2.22. The molecule has 8 nitrogen and oxygen atoms in total. The van der Waals surface area contributed by atoms with Crippen molar-refractivity contribution in [3.05, 3.63) is 66.1 Å². The van der Waals surface area contributed by atoms with Gasteiger partial charge in [-0.2, -0.15) is 0 Å².